The fourth-order valence-electron chi connectivity index (χ4n) is 2.97. The van der Waals surface area contributed by atoms with Crippen molar-refractivity contribution in [2.45, 2.75) is 12.2 Å². The van der Waals surface area contributed by atoms with Gasteiger partial charge in [0.25, 0.3) is 0 Å². The molecule has 1 aliphatic heterocycles. The van der Waals surface area contributed by atoms with Gasteiger partial charge in [-0.1, -0.05) is 47.5 Å². The summed E-state index contributed by atoms with van der Waals surface area (Å²) in [6.07, 6.45) is -1.60. The summed E-state index contributed by atoms with van der Waals surface area (Å²) >= 11 is 11.9. The molecule has 0 aromatic heterocycles. The molecule has 0 spiro atoms. The molecule has 1 aliphatic rings. The Kier molecular flexibility index (Phi) is 5.85. The fraction of sp³-hybridized carbons (Fsp3) is 0.200. The minimum absolute atomic E-state index is 0.103. The van der Waals surface area contributed by atoms with Gasteiger partial charge in [-0.25, -0.2) is 9.59 Å². The highest BCUT2D eigenvalue weighted by Crippen LogP contribution is 2.46. The topological polar surface area (TPSA) is 61.8 Å². The van der Waals surface area contributed by atoms with Gasteiger partial charge in [-0.15, -0.1) is 0 Å². The molecule has 2 atom stereocenters. The first kappa shape index (κ1) is 19.4. The molecule has 0 amide bonds. The van der Waals surface area contributed by atoms with Crippen molar-refractivity contribution in [3.05, 3.63) is 80.8 Å². The van der Waals surface area contributed by atoms with Crippen LogP contribution >= 0.6 is 23.2 Å². The maximum absolute atomic E-state index is 12.5. The number of hydrogen-bond donors (Lipinski definition) is 0. The van der Waals surface area contributed by atoms with Crippen LogP contribution in [0.5, 0.6) is 0 Å². The smallest absolute Gasteiger partial charge is 0.337 e. The second kappa shape index (κ2) is 8.13. The quantitative estimate of drug-likeness (QED) is 0.701. The van der Waals surface area contributed by atoms with E-state index in [4.69, 9.17) is 37.4 Å². The molecular weight excluding hydrogens is 391 g/mol. The summed E-state index contributed by atoms with van der Waals surface area (Å²) in [5.41, 5.74) is 1.54. The molecular formula is C20H16Cl2O5. The number of hydrogen-bond acceptors (Lipinski definition) is 5. The molecule has 0 saturated carbocycles. The molecule has 140 valence electrons. The molecule has 0 bridgehead atoms. The summed E-state index contributed by atoms with van der Waals surface area (Å²) in [6.45, 7) is 0. The largest absolute Gasteiger partial charge is 0.466 e. The number of carbonyl (C=O) groups is 2. The van der Waals surface area contributed by atoms with Crippen LogP contribution in [0.15, 0.2) is 59.7 Å². The Morgan fingerprint density at radius 1 is 0.741 bits per heavy atom. The molecule has 7 heteroatoms. The van der Waals surface area contributed by atoms with Crippen molar-refractivity contribution in [1.29, 1.82) is 0 Å². The van der Waals surface area contributed by atoms with E-state index in [-0.39, 0.29) is 11.1 Å². The van der Waals surface area contributed by atoms with Crippen LogP contribution in [0.1, 0.15) is 23.3 Å². The number of ether oxygens (including phenoxy) is 3. The van der Waals surface area contributed by atoms with Crippen molar-refractivity contribution >= 4 is 35.1 Å². The van der Waals surface area contributed by atoms with Gasteiger partial charge in [0.15, 0.2) is 0 Å². The summed E-state index contributed by atoms with van der Waals surface area (Å²) in [7, 11) is 2.50. The lowest BCUT2D eigenvalue weighted by atomic mass is 9.95. The summed E-state index contributed by atoms with van der Waals surface area (Å²) in [5.74, 6) is -1.32. The van der Waals surface area contributed by atoms with Gasteiger partial charge in [0.05, 0.1) is 25.4 Å². The molecule has 0 radical (unpaired) electrons. The molecule has 0 fully saturated rings. The van der Waals surface area contributed by atoms with E-state index >= 15 is 0 Å². The lowest BCUT2D eigenvalue weighted by Gasteiger charge is -2.17. The van der Waals surface area contributed by atoms with E-state index in [0.29, 0.717) is 21.2 Å². The van der Waals surface area contributed by atoms with Gasteiger partial charge in [0.2, 0.25) is 0 Å². The Hall–Kier alpha value is -2.34. The lowest BCUT2D eigenvalue weighted by molar-refractivity contribution is -0.139. The van der Waals surface area contributed by atoms with Gasteiger partial charge >= 0.3 is 11.9 Å². The van der Waals surface area contributed by atoms with Gasteiger partial charge in [0, 0.05) is 10.0 Å². The van der Waals surface area contributed by atoms with Crippen LogP contribution in [0.4, 0.5) is 0 Å². The van der Waals surface area contributed by atoms with Crippen molar-refractivity contribution in [2.75, 3.05) is 14.2 Å². The van der Waals surface area contributed by atoms with E-state index in [9.17, 15) is 9.59 Å². The number of rotatable bonds is 4. The van der Waals surface area contributed by atoms with Gasteiger partial charge in [-0.3, -0.25) is 0 Å². The Morgan fingerprint density at radius 2 is 1.07 bits per heavy atom. The van der Waals surface area contributed by atoms with E-state index in [2.05, 4.69) is 0 Å². The third kappa shape index (κ3) is 3.86. The normalized spacial score (nSPS) is 19.1. The zero-order valence-corrected chi connectivity index (χ0v) is 16.1. The summed E-state index contributed by atoms with van der Waals surface area (Å²) < 4.78 is 15.9. The molecule has 0 saturated heterocycles. The Morgan fingerprint density at radius 3 is 1.37 bits per heavy atom. The van der Waals surface area contributed by atoms with Crippen LogP contribution in [0, 0.1) is 0 Å². The molecule has 3 rings (SSSR count). The monoisotopic (exact) mass is 406 g/mol. The number of halogens is 2. The Bertz CT molecular complexity index is 814. The summed E-state index contributed by atoms with van der Waals surface area (Å²) in [5, 5.41) is 1.09. The first-order valence-electron chi connectivity index (χ1n) is 8.03. The minimum Gasteiger partial charge on any atom is -0.466 e. The van der Waals surface area contributed by atoms with Crippen molar-refractivity contribution in [2.24, 2.45) is 0 Å². The minimum atomic E-state index is -0.801. The standard InChI is InChI=1S/C20H16Cl2O5/c1-25-19(23)15-16(20(24)26-2)18(12-5-9-14(22)10-6-12)27-17(15)11-3-7-13(21)8-4-11/h3-10,17-18H,1-2H3/t17-,18+. The average molecular weight is 407 g/mol. The Labute approximate surface area is 166 Å². The number of carbonyl (C=O) groups excluding carboxylic acids is 2. The van der Waals surface area contributed by atoms with Crippen LogP contribution in [-0.2, 0) is 23.8 Å². The predicted octanol–water partition coefficient (Wildman–Crippen LogP) is 4.45. The van der Waals surface area contributed by atoms with Crippen LogP contribution in [0.3, 0.4) is 0 Å². The maximum Gasteiger partial charge on any atom is 0.337 e. The number of esters is 2. The fourth-order valence-corrected chi connectivity index (χ4v) is 3.23. The molecule has 0 unspecified atom stereocenters. The summed E-state index contributed by atoms with van der Waals surface area (Å²) in [4.78, 5) is 25.0. The van der Waals surface area contributed by atoms with Gasteiger partial charge < -0.3 is 14.2 Å². The van der Waals surface area contributed by atoms with Crippen LogP contribution in [-0.4, -0.2) is 26.2 Å². The molecule has 27 heavy (non-hydrogen) atoms. The van der Waals surface area contributed by atoms with E-state index in [0.717, 1.165) is 0 Å². The first-order chi connectivity index (χ1) is 13.0. The SMILES string of the molecule is COC(=O)C1=C(C(=O)OC)[C@@H](c2ccc(Cl)cc2)O[C@H]1c1ccc(Cl)cc1. The second-order valence-electron chi connectivity index (χ2n) is 5.81. The van der Waals surface area contributed by atoms with E-state index in [1.807, 2.05) is 0 Å². The highest BCUT2D eigenvalue weighted by Gasteiger charge is 2.44. The zero-order chi connectivity index (χ0) is 19.6. The molecule has 2 aromatic rings. The summed E-state index contributed by atoms with van der Waals surface area (Å²) in [6, 6.07) is 13.7. The third-order valence-electron chi connectivity index (χ3n) is 4.24. The molecule has 5 nitrogen and oxygen atoms in total. The highest BCUT2D eigenvalue weighted by atomic mass is 35.5. The highest BCUT2D eigenvalue weighted by molar-refractivity contribution is 6.30. The Balaban J connectivity index is 2.16. The van der Waals surface area contributed by atoms with Gasteiger partial charge in [-0.2, -0.15) is 0 Å². The molecule has 2 aromatic carbocycles. The van der Waals surface area contributed by atoms with Crippen molar-refractivity contribution in [1.82, 2.24) is 0 Å². The van der Waals surface area contributed by atoms with Crippen LogP contribution in [0.2, 0.25) is 10.0 Å². The first-order valence-corrected chi connectivity index (χ1v) is 8.79. The molecule has 0 N–H and O–H groups in total. The lowest BCUT2D eigenvalue weighted by Crippen LogP contribution is -2.16. The zero-order valence-electron chi connectivity index (χ0n) is 14.6. The maximum atomic E-state index is 12.5. The van der Waals surface area contributed by atoms with Crippen molar-refractivity contribution < 1.29 is 23.8 Å². The van der Waals surface area contributed by atoms with Crippen molar-refractivity contribution in [3.63, 3.8) is 0 Å². The molecule has 0 aliphatic carbocycles. The number of benzene rings is 2. The van der Waals surface area contributed by atoms with Gasteiger partial charge in [-0.05, 0) is 35.4 Å². The van der Waals surface area contributed by atoms with E-state index < -0.39 is 24.1 Å². The average Bonchev–Trinajstić information content (AvgIpc) is 3.08. The van der Waals surface area contributed by atoms with E-state index in [1.54, 1.807) is 48.5 Å². The second-order valence-corrected chi connectivity index (χ2v) is 6.68. The third-order valence-corrected chi connectivity index (χ3v) is 4.75. The van der Waals surface area contributed by atoms with Crippen LogP contribution < -0.4 is 0 Å². The van der Waals surface area contributed by atoms with Crippen LogP contribution in [0.25, 0.3) is 0 Å². The van der Waals surface area contributed by atoms with Crippen molar-refractivity contribution in [3.8, 4) is 0 Å². The van der Waals surface area contributed by atoms with E-state index in [1.165, 1.54) is 14.2 Å². The van der Waals surface area contributed by atoms with Gasteiger partial charge in [0.1, 0.15) is 12.2 Å². The number of methoxy groups -OCH3 is 2. The predicted molar refractivity (Wildman–Crippen MR) is 101 cm³/mol. The molecule has 1 heterocycles.